The summed E-state index contributed by atoms with van der Waals surface area (Å²) in [5.41, 5.74) is 1.10. The smallest absolute Gasteiger partial charge is 0.284 e. The molecule has 128 valence electrons. The summed E-state index contributed by atoms with van der Waals surface area (Å²) in [5, 5.41) is 16.0. The maximum atomic E-state index is 12.1. The van der Waals surface area contributed by atoms with Crippen molar-refractivity contribution in [1.29, 1.82) is 0 Å². The molecule has 8 heteroatoms. The Kier molecular flexibility index (Phi) is 6.33. The number of nitrogens with one attached hydrogen (secondary N) is 1. The maximum Gasteiger partial charge on any atom is 0.284 e. The van der Waals surface area contributed by atoms with Gasteiger partial charge in [0.05, 0.1) is 9.82 Å². The zero-order chi connectivity index (χ0) is 17.7. The molecule has 0 aliphatic heterocycles. The van der Waals surface area contributed by atoms with Crippen LogP contribution in [0.5, 0.6) is 0 Å². The first kappa shape index (κ1) is 18.4. The number of aryl methyl sites for hydroxylation is 1. The van der Waals surface area contributed by atoms with Crippen LogP contribution in [0.3, 0.4) is 0 Å². The van der Waals surface area contributed by atoms with E-state index in [1.165, 1.54) is 29.2 Å². The summed E-state index contributed by atoms with van der Waals surface area (Å²) in [6.45, 7) is 6.57. The van der Waals surface area contributed by atoms with Crippen LogP contribution in [0.2, 0.25) is 0 Å². The molecule has 0 spiro atoms. The van der Waals surface area contributed by atoms with Gasteiger partial charge >= 0.3 is 0 Å². The second kappa shape index (κ2) is 8.25. The van der Waals surface area contributed by atoms with Crippen molar-refractivity contribution in [1.82, 2.24) is 10.3 Å². The lowest BCUT2D eigenvalue weighted by Crippen LogP contribution is -2.25. The van der Waals surface area contributed by atoms with Crippen LogP contribution in [0, 0.1) is 23.0 Å². The molecule has 1 aromatic heterocycles. The zero-order valence-corrected chi connectivity index (χ0v) is 15.4. The number of carbonyl (C=O) groups is 1. The summed E-state index contributed by atoms with van der Waals surface area (Å²) < 4.78 is 0.740. The SMILES string of the molecule is Cc1csc(Sc2ccc(C(=O)NCCC(C)C)cc2[N+](=O)[O-])n1. The van der Waals surface area contributed by atoms with Crippen molar-refractivity contribution in [2.45, 2.75) is 36.4 Å². The Morgan fingerprint density at radius 2 is 2.21 bits per heavy atom. The van der Waals surface area contributed by atoms with E-state index < -0.39 is 4.92 Å². The average Bonchev–Trinajstić information content (AvgIpc) is 2.92. The number of carbonyl (C=O) groups excluding carboxylic acids is 1. The highest BCUT2D eigenvalue weighted by molar-refractivity contribution is 8.01. The minimum atomic E-state index is -0.465. The van der Waals surface area contributed by atoms with E-state index in [-0.39, 0.29) is 11.6 Å². The molecular weight excluding hydrogens is 346 g/mol. The van der Waals surface area contributed by atoms with Crippen LogP contribution in [-0.4, -0.2) is 22.4 Å². The van der Waals surface area contributed by atoms with E-state index in [0.29, 0.717) is 22.9 Å². The van der Waals surface area contributed by atoms with Crippen molar-refractivity contribution in [2.24, 2.45) is 5.92 Å². The minimum Gasteiger partial charge on any atom is -0.352 e. The van der Waals surface area contributed by atoms with Gasteiger partial charge in [-0.05, 0) is 31.4 Å². The number of benzene rings is 1. The van der Waals surface area contributed by atoms with Gasteiger partial charge in [-0.1, -0.05) is 25.6 Å². The first-order valence-electron chi connectivity index (χ1n) is 7.53. The van der Waals surface area contributed by atoms with Gasteiger partial charge in [0.15, 0.2) is 4.34 Å². The van der Waals surface area contributed by atoms with Crippen molar-refractivity contribution < 1.29 is 9.72 Å². The van der Waals surface area contributed by atoms with Gasteiger partial charge in [0.2, 0.25) is 0 Å². The topological polar surface area (TPSA) is 85.1 Å². The number of nitro groups is 1. The standard InChI is InChI=1S/C16H19N3O3S2/c1-10(2)6-7-17-15(20)12-4-5-14(13(8-12)19(21)22)24-16-18-11(3)9-23-16/h4-5,8-10H,6-7H2,1-3H3,(H,17,20). The highest BCUT2D eigenvalue weighted by Gasteiger charge is 2.19. The Bertz CT molecular complexity index is 744. The Balaban J connectivity index is 2.16. The number of thiazole rings is 1. The van der Waals surface area contributed by atoms with Crippen LogP contribution in [0.25, 0.3) is 0 Å². The predicted octanol–water partition coefficient (Wildman–Crippen LogP) is 4.29. The van der Waals surface area contributed by atoms with E-state index in [1.54, 1.807) is 12.1 Å². The van der Waals surface area contributed by atoms with E-state index in [4.69, 9.17) is 0 Å². The molecule has 2 aromatic rings. The van der Waals surface area contributed by atoms with Gasteiger partial charge in [0.1, 0.15) is 0 Å². The summed E-state index contributed by atoms with van der Waals surface area (Å²) >= 11 is 2.68. The molecule has 0 bridgehead atoms. The van der Waals surface area contributed by atoms with E-state index in [1.807, 2.05) is 12.3 Å². The number of hydrogen-bond acceptors (Lipinski definition) is 6. The molecule has 2 rings (SSSR count). The van der Waals surface area contributed by atoms with Gasteiger partial charge in [0.25, 0.3) is 11.6 Å². The lowest BCUT2D eigenvalue weighted by atomic mass is 10.1. The minimum absolute atomic E-state index is 0.0793. The molecule has 24 heavy (non-hydrogen) atoms. The van der Waals surface area contributed by atoms with Crippen molar-refractivity contribution >= 4 is 34.7 Å². The summed E-state index contributed by atoms with van der Waals surface area (Å²) in [6.07, 6.45) is 0.866. The molecule has 1 aromatic carbocycles. The fourth-order valence-electron chi connectivity index (χ4n) is 1.94. The van der Waals surface area contributed by atoms with Crippen molar-refractivity contribution in [3.63, 3.8) is 0 Å². The van der Waals surface area contributed by atoms with Crippen LogP contribution in [-0.2, 0) is 0 Å². The Morgan fingerprint density at radius 3 is 2.79 bits per heavy atom. The monoisotopic (exact) mass is 365 g/mol. The van der Waals surface area contributed by atoms with Gasteiger partial charge in [-0.25, -0.2) is 4.98 Å². The van der Waals surface area contributed by atoms with Gasteiger partial charge in [-0.2, -0.15) is 0 Å². The van der Waals surface area contributed by atoms with E-state index >= 15 is 0 Å². The molecule has 6 nitrogen and oxygen atoms in total. The highest BCUT2D eigenvalue weighted by atomic mass is 32.2. The number of hydrogen-bond donors (Lipinski definition) is 1. The van der Waals surface area contributed by atoms with Crippen LogP contribution in [0.4, 0.5) is 5.69 Å². The third-order valence-corrected chi connectivity index (χ3v) is 5.34. The van der Waals surface area contributed by atoms with Crippen molar-refractivity contribution in [3.8, 4) is 0 Å². The molecule has 0 aliphatic carbocycles. The molecule has 0 unspecified atom stereocenters. The molecule has 0 fully saturated rings. The largest absolute Gasteiger partial charge is 0.352 e. The van der Waals surface area contributed by atoms with Crippen LogP contribution in [0.1, 0.15) is 36.3 Å². The van der Waals surface area contributed by atoms with Gasteiger partial charge in [0, 0.05) is 29.2 Å². The van der Waals surface area contributed by atoms with E-state index in [2.05, 4.69) is 24.1 Å². The van der Waals surface area contributed by atoms with Crippen molar-refractivity contribution in [3.05, 3.63) is 45.0 Å². The van der Waals surface area contributed by atoms with E-state index in [9.17, 15) is 14.9 Å². The number of aromatic nitrogens is 1. The predicted molar refractivity (Wildman–Crippen MR) is 95.9 cm³/mol. The zero-order valence-electron chi connectivity index (χ0n) is 13.7. The van der Waals surface area contributed by atoms with Crippen LogP contribution < -0.4 is 5.32 Å². The number of rotatable bonds is 7. The summed E-state index contributed by atoms with van der Waals surface area (Å²) in [4.78, 5) is 27.8. The lowest BCUT2D eigenvalue weighted by Gasteiger charge is -2.08. The molecule has 0 saturated carbocycles. The van der Waals surface area contributed by atoms with Crippen LogP contribution in [0.15, 0.2) is 32.8 Å². The maximum absolute atomic E-state index is 12.1. The Labute approximate surface area is 148 Å². The summed E-state index contributed by atoms with van der Waals surface area (Å²) in [6, 6.07) is 4.55. The molecule has 1 heterocycles. The normalized spacial score (nSPS) is 10.8. The first-order chi connectivity index (χ1) is 11.4. The molecule has 0 saturated heterocycles. The molecule has 1 N–H and O–H groups in total. The number of amides is 1. The fraction of sp³-hybridized carbons (Fsp3) is 0.375. The number of nitro benzene ring substituents is 1. The molecular formula is C16H19N3O3S2. The third kappa shape index (κ3) is 5.04. The number of nitrogens with zero attached hydrogens (tertiary/aromatic N) is 2. The van der Waals surface area contributed by atoms with Gasteiger partial charge < -0.3 is 5.32 Å². The Hall–Kier alpha value is -1.93. The Morgan fingerprint density at radius 1 is 1.46 bits per heavy atom. The first-order valence-corrected chi connectivity index (χ1v) is 9.23. The second-order valence-corrected chi connectivity index (χ2v) is 7.88. The lowest BCUT2D eigenvalue weighted by molar-refractivity contribution is -0.387. The highest BCUT2D eigenvalue weighted by Crippen LogP contribution is 2.36. The second-order valence-electron chi connectivity index (χ2n) is 5.73. The fourth-order valence-corrected chi connectivity index (χ4v) is 3.82. The van der Waals surface area contributed by atoms with Gasteiger partial charge in [-0.3, -0.25) is 14.9 Å². The summed E-state index contributed by atoms with van der Waals surface area (Å²) in [7, 11) is 0. The van der Waals surface area contributed by atoms with Crippen LogP contribution >= 0.6 is 23.1 Å². The van der Waals surface area contributed by atoms with Crippen molar-refractivity contribution in [2.75, 3.05) is 6.54 Å². The van der Waals surface area contributed by atoms with Gasteiger partial charge in [-0.15, -0.1) is 11.3 Å². The molecule has 0 radical (unpaired) electrons. The molecule has 0 atom stereocenters. The molecule has 0 aliphatic rings. The van der Waals surface area contributed by atoms with E-state index in [0.717, 1.165) is 16.5 Å². The third-order valence-electron chi connectivity index (χ3n) is 3.22. The quantitative estimate of drug-likeness (QED) is 0.584. The summed E-state index contributed by atoms with van der Waals surface area (Å²) in [5.74, 6) is 0.195. The molecule has 1 amide bonds. The average molecular weight is 365 g/mol.